The Labute approximate surface area is 248 Å². The number of hydrogen-bond acceptors (Lipinski definition) is 10. The van der Waals surface area contributed by atoms with Crippen LogP contribution in [-0.2, 0) is 29.3 Å². The van der Waals surface area contributed by atoms with Gasteiger partial charge in [-0.15, -0.1) is 5.06 Å². The van der Waals surface area contributed by atoms with Gasteiger partial charge in [-0.05, 0) is 51.0 Å². The predicted octanol–water partition coefficient (Wildman–Crippen LogP) is 4.25. The van der Waals surface area contributed by atoms with E-state index in [1.54, 1.807) is 12.1 Å². The molecule has 5 rings (SSSR count). The lowest BCUT2D eigenvalue weighted by atomic mass is 10.0. The molecule has 226 valence electrons. The second-order valence-electron chi connectivity index (χ2n) is 10.2. The Morgan fingerprint density at radius 3 is 2.47 bits per heavy atom. The third-order valence-electron chi connectivity index (χ3n) is 7.37. The van der Waals surface area contributed by atoms with E-state index in [1.165, 1.54) is 12.1 Å². The zero-order valence-electron chi connectivity index (χ0n) is 23.9. The molecule has 12 nitrogen and oxygen atoms in total. The molecule has 0 saturated carbocycles. The molecular formula is C30H32N4O8S. The van der Waals surface area contributed by atoms with Crippen molar-refractivity contribution >= 4 is 55.5 Å². The summed E-state index contributed by atoms with van der Waals surface area (Å²) >= 11 is 0. The first kappa shape index (κ1) is 30.1. The summed E-state index contributed by atoms with van der Waals surface area (Å²) in [4.78, 5) is 51.6. The maximum absolute atomic E-state index is 12.0. The van der Waals surface area contributed by atoms with Crippen molar-refractivity contribution in [3.8, 4) is 11.5 Å². The quantitative estimate of drug-likeness (QED) is 0.0857. The molecule has 13 heteroatoms. The molecule has 1 aliphatic carbocycles. The highest BCUT2D eigenvalue weighted by Crippen LogP contribution is 2.32. The summed E-state index contributed by atoms with van der Waals surface area (Å²) in [5, 5.41) is 2.13. The second kappa shape index (κ2) is 12.5. The summed E-state index contributed by atoms with van der Waals surface area (Å²) in [7, 11) is -4.45. The molecule has 2 heterocycles. The van der Waals surface area contributed by atoms with Crippen LogP contribution in [0, 0.1) is 0 Å². The first-order valence-electron chi connectivity index (χ1n) is 14.2. The lowest BCUT2D eigenvalue weighted by Gasteiger charge is -2.21. The number of hydrogen-bond donors (Lipinski definition) is 1. The van der Waals surface area contributed by atoms with E-state index in [1.807, 2.05) is 18.2 Å². The Hall–Kier alpha value is -4.36. The van der Waals surface area contributed by atoms with Gasteiger partial charge in [0.2, 0.25) is 0 Å². The molecule has 3 aliphatic rings. The standard InChI is InChI=1S/C30H32N4O8S/c1-3-33(4-2)19-9-12-23-25(16-19)41-26-18-24(22-17-20(43(38,39)40)10-11-21(22)30(26)32-23)31-15-7-5-6-8-29(37)42-34-27(35)13-14-28(34)36/h9-12,16-18H,3-8,13-15H2,1-2H3,(H,38,39,40). The Kier molecular flexibility index (Phi) is 8.74. The SMILES string of the molecule is CCN(CC)c1ccc2nc3c4ccc(S(=O)(=O)O)cc4c(=NCCCCCC(=O)ON4C(=O)CCC4=O)cc-3oc2c1. The monoisotopic (exact) mass is 608 g/mol. The number of amides is 2. The average Bonchev–Trinajstić information content (AvgIpc) is 3.29. The maximum atomic E-state index is 12.0. The number of fused-ring (bicyclic) bond motifs is 4. The van der Waals surface area contributed by atoms with Crippen molar-refractivity contribution in [1.82, 2.24) is 10.0 Å². The van der Waals surface area contributed by atoms with Gasteiger partial charge in [-0.2, -0.15) is 8.42 Å². The van der Waals surface area contributed by atoms with E-state index in [0.29, 0.717) is 69.6 Å². The van der Waals surface area contributed by atoms with Crippen LogP contribution in [0.3, 0.4) is 0 Å². The van der Waals surface area contributed by atoms with Gasteiger partial charge >= 0.3 is 5.97 Å². The van der Waals surface area contributed by atoms with Crippen LogP contribution < -0.4 is 10.3 Å². The van der Waals surface area contributed by atoms with Gasteiger partial charge in [0.05, 0.1) is 10.3 Å². The van der Waals surface area contributed by atoms with Crippen molar-refractivity contribution in [1.29, 1.82) is 0 Å². The number of unbranched alkanes of at least 4 members (excludes halogenated alkanes) is 2. The second-order valence-corrected chi connectivity index (χ2v) is 11.6. The molecule has 2 amide bonds. The first-order chi connectivity index (χ1) is 20.6. The zero-order valence-corrected chi connectivity index (χ0v) is 24.7. The van der Waals surface area contributed by atoms with E-state index in [2.05, 4.69) is 18.7 Å². The average molecular weight is 609 g/mol. The van der Waals surface area contributed by atoms with E-state index < -0.39 is 27.9 Å². The Balaban J connectivity index is 1.40. The van der Waals surface area contributed by atoms with Crippen molar-refractivity contribution in [2.75, 3.05) is 24.5 Å². The van der Waals surface area contributed by atoms with Crippen LogP contribution in [0.1, 0.15) is 52.4 Å². The van der Waals surface area contributed by atoms with Gasteiger partial charge in [0.25, 0.3) is 21.9 Å². The molecule has 2 aliphatic heterocycles. The summed E-state index contributed by atoms with van der Waals surface area (Å²) in [5.41, 5.74) is 2.78. The summed E-state index contributed by atoms with van der Waals surface area (Å²) in [6.45, 7) is 6.20. The largest absolute Gasteiger partial charge is 0.453 e. The highest BCUT2D eigenvalue weighted by Gasteiger charge is 2.32. The number of imide groups is 1. The van der Waals surface area contributed by atoms with E-state index in [4.69, 9.17) is 19.2 Å². The van der Waals surface area contributed by atoms with Crippen molar-refractivity contribution in [3.05, 3.63) is 47.8 Å². The van der Waals surface area contributed by atoms with Crippen molar-refractivity contribution in [3.63, 3.8) is 0 Å². The topological polar surface area (TPSA) is 160 Å². The minimum absolute atomic E-state index is 0.0414. The van der Waals surface area contributed by atoms with Gasteiger partial charge < -0.3 is 14.2 Å². The maximum Gasteiger partial charge on any atom is 0.333 e. The fraction of sp³-hybridized carbons (Fsp3) is 0.367. The number of carbonyl (C=O) groups excluding carboxylic acids is 3. The number of benzene rings is 3. The number of carbonyl (C=O) groups is 3. The number of rotatable bonds is 11. The van der Waals surface area contributed by atoms with Crippen molar-refractivity contribution in [2.24, 2.45) is 4.99 Å². The van der Waals surface area contributed by atoms with Gasteiger partial charge in [-0.1, -0.05) is 12.5 Å². The number of anilines is 1. The number of hydroxylamine groups is 2. The fourth-order valence-corrected chi connectivity index (χ4v) is 5.60. The van der Waals surface area contributed by atoms with Crippen molar-refractivity contribution in [2.45, 2.75) is 57.3 Å². The molecule has 0 atom stereocenters. The Morgan fingerprint density at radius 2 is 1.77 bits per heavy atom. The van der Waals surface area contributed by atoms with Gasteiger partial charge in [0.1, 0.15) is 11.2 Å². The number of nitrogens with zero attached hydrogens (tertiary/aromatic N) is 4. The molecule has 1 N–H and O–H groups in total. The van der Waals surface area contributed by atoms with Crippen LogP contribution in [-0.4, -0.2) is 60.4 Å². The summed E-state index contributed by atoms with van der Waals surface area (Å²) in [6, 6.07) is 11.8. The molecule has 1 fully saturated rings. The first-order valence-corrected chi connectivity index (χ1v) is 15.6. The van der Waals surface area contributed by atoms with Crippen LogP contribution in [0.25, 0.3) is 33.3 Å². The van der Waals surface area contributed by atoms with E-state index >= 15 is 0 Å². The van der Waals surface area contributed by atoms with Gasteiger partial charge in [0, 0.05) is 67.5 Å². The highest BCUT2D eigenvalue weighted by atomic mass is 32.2. The van der Waals surface area contributed by atoms with Crippen LogP contribution in [0.5, 0.6) is 0 Å². The molecule has 2 aromatic rings. The lowest BCUT2D eigenvalue weighted by molar-refractivity contribution is -0.197. The van der Waals surface area contributed by atoms with Gasteiger partial charge in [-0.25, -0.2) is 9.78 Å². The minimum atomic E-state index is -4.45. The summed E-state index contributed by atoms with van der Waals surface area (Å²) in [5.74, 6) is -1.21. The van der Waals surface area contributed by atoms with Gasteiger partial charge in [0.15, 0.2) is 11.3 Å². The molecule has 1 saturated heterocycles. The van der Waals surface area contributed by atoms with E-state index in [-0.39, 0.29) is 24.2 Å². The smallest absolute Gasteiger partial charge is 0.333 e. The third-order valence-corrected chi connectivity index (χ3v) is 8.22. The van der Waals surface area contributed by atoms with E-state index in [9.17, 15) is 27.4 Å². The molecule has 0 aromatic heterocycles. The minimum Gasteiger partial charge on any atom is -0.453 e. The summed E-state index contributed by atoms with van der Waals surface area (Å²) < 4.78 is 39.8. The zero-order chi connectivity index (χ0) is 30.7. The van der Waals surface area contributed by atoms with Crippen LogP contribution in [0.4, 0.5) is 5.69 Å². The van der Waals surface area contributed by atoms with Gasteiger partial charge in [-0.3, -0.25) is 19.1 Å². The Bertz CT molecular complexity index is 1850. The molecule has 0 unspecified atom stereocenters. The van der Waals surface area contributed by atoms with Crippen LogP contribution >= 0.6 is 0 Å². The third kappa shape index (κ3) is 6.52. The lowest BCUT2D eigenvalue weighted by Crippen LogP contribution is -2.31. The molecule has 43 heavy (non-hydrogen) atoms. The molecular weight excluding hydrogens is 576 g/mol. The van der Waals surface area contributed by atoms with Crippen LogP contribution in [0.2, 0.25) is 0 Å². The highest BCUT2D eigenvalue weighted by molar-refractivity contribution is 7.85. The molecule has 2 aromatic carbocycles. The summed E-state index contributed by atoms with van der Waals surface area (Å²) in [6.07, 6.45) is 1.82. The normalized spacial score (nSPS) is 14.4. The van der Waals surface area contributed by atoms with Crippen molar-refractivity contribution < 1.29 is 36.6 Å². The van der Waals surface area contributed by atoms with Crippen LogP contribution in [0.15, 0.2) is 56.8 Å². The fourth-order valence-electron chi connectivity index (χ4n) is 5.09. The van der Waals surface area contributed by atoms with E-state index in [0.717, 1.165) is 18.8 Å². The predicted molar refractivity (Wildman–Crippen MR) is 158 cm³/mol. The molecule has 0 bridgehead atoms. The molecule has 0 spiro atoms. The Morgan fingerprint density at radius 1 is 1.02 bits per heavy atom. The number of aromatic nitrogens is 1. The molecule has 0 radical (unpaired) electrons.